The van der Waals surface area contributed by atoms with Gasteiger partial charge in [0, 0.05) is 17.5 Å². The summed E-state index contributed by atoms with van der Waals surface area (Å²) in [6.45, 7) is 3.43. The maximum Gasteiger partial charge on any atom is 0.0931 e. The third-order valence-electron chi connectivity index (χ3n) is 3.46. The molecule has 2 nitrogen and oxygen atoms in total. The van der Waals surface area contributed by atoms with Crippen LogP contribution >= 0.6 is 22.9 Å². The van der Waals surface area contributed by atoms with E-state index in [9.17, 15) is 0 Å². The van der Waals surface area contributed by atoms with Gasteiger partial charge in [0.15, 0.2) is 0 Å². The van der Waals surface area contributed by atoms with Gasteiger partial charge < -0.3 is 5.32 Å². The third kappa shape index (κ3) is 3.95. The quantitative estimate of drug-likeness (QED) is 0.884. The summed E-state index contributed by atoms with van der Waals surface area (Å²) in [6, 6.07) is 4.92. The Hall–Kier alpha value is -0.0900. The molecule has 0 bridgehead atoms. The minimum absolute atomic E-state index is 0.747. The molecular formula is C13H21ClN2S. The van der Waals surface area contributed by atoms with Crippen molar-refractivity contribution in [2.45, 2.75) is 38.3 Å². The Bertz CT molecular complexity index is 340. The van der Waals surface area contributed by atoms with Gasteiger partial charge in [0.05, 0.1) is 4.34 Å². The van der Waals surface area contributed by atoms with Gasteiger partial charge in [0.25, 0.3) is 0 Å². The van der Waals surface area contributed by atoms with E-state index in [1.54, 1.807) is 11.3 Å². The van der Waals surface area contributed by atoms with Gasteiger partial charge in [-0.3, -0.25) is 4.90 Å². The SMILES string of the molecule is CNCCC1CCCCN1Cc1ccc(Cl)s1. The Kier molecular flexibility index (Phi) is 5.29. The number of nitrogens with zero attached hydrogens (tertiary/aromatic N) is 1. The highest BCUT2D eigenvalue weighted by molar-refractivity contribution is 7.16. The van der Waals surface area contributed by atoms with Crippen LogP contribution in [0.25, 0.3) is 0 Å². The Balaban J connectivity index is 1.91. The van der Waals surface area contributed by atoms with Crippen LogP contribution in [0.2, 0.25) is 4.34 Å². The smallest absolute Gasteiger partial charge is 0.0931 e. The van der Waals surface area contributed by atoms with E-state index in [0.717, 1.165) is 23.5 Å². The van der Waals surface area contributed by atoms with Gasteiger partial charge in [-0.2, -0.15) is 0 Å². The van der Waals surface area contributed by atoms with Crippen molar-refractivity contribution in [1.29, 1.82) is 0 Å². The first-order valence-corrected chi connectivity index (χ1v) is 7.62. The number of rotatable bonds is 5. The molecule has 1 aromatic rings. The third-order valence-corrected chi connectivity index (χ3v) is 4.68. The Morgan fingerprint density at radius 1 is 1.47 bits per heavy atom. The molecule has 1 fully saturated rings. The Morgan fingerprint density at radius 2 is 2.35 bits per heavy atom. The van der Waals surface area contributed by atoms with Gasteiger partial charge in [-0.05, 0) is 51.5 Å². The summed E-state index contributed by atoms with van der Waals surface area (Å²) in [6.07, 6.45) is 5.33. The molecule has 0 aromatic carbocycles. The summed E-state index contributed by atoms with van der Waals surface area (Å²) in [5, 5.41) is 3.26. The molecule has 1 unspecified atom stereocenters. The fourth-order valence-electron chi connectivity index (χ4n) is 2.54. The predicted molar refractivity (Wildman–Crippen MR) is 75.9 cm³/mol. The summed E-state index contributed by atoms with van der Waals surface area (Å²) < 4.78 is 0.906. The van der Waals surface area contributed by atoms with Gasteiger partial charge in [-0.25, -0.2) is 0 Å². The molecule has 0 amide bonds. The second-order valence-corrected chi connectivity index (χ2v) is 6.52. The lowest BCUT2D eigenvalue weighted by Crippen LogP contribution is -2.40. The van der Waals surface area contributed by atoms with E-state index in [4.69, 9.17) is 11.6 Å². The average Bonchev–Trinajstić information content (AvgIpc) is 2.74. The van der Waals surface area contributed by atoms with E-state index >= 15 is 0 Å². The van der Waals surface area contributed by atoms with E-state index in [0.29, 0.717) is 0 Å². The van der Waals surface area contributed by atoms with Crippen LogP contribution in [-0.2, 0) is 6.54 Å². The van der Waals surface area contributed by atoms with Crippen LogP contribution in [0.5, 0.6) is 0 Å². The molecule has 0 radical (unpaired) electrons. The van der Waals surface area contributed by atoms with Crippen LogP contribution in [0.3, 0.4) is 0 Å². The zero-order valence-electron chi connectivity index (χ0n) is 10.4. The van der Waals surface area contributed by atoms with Crippen molar-refractivity contribution in [3.63, 3.8) is 0 Å². The normalized spacial score (nSPS) is 21.9. The summed E-state index contributed by atoms with van der Waals surface area (Å²) >= 11 is 7.70. The van der Waals surface area contributed by atoms with E-state index in [1.807, 2.05) is 13.1 Å². The topological polar surface area (TPSA) is 15.3 Å². The fourth-order valence-corrected chi connectivity index (χ4v) is 3.66. The molecule has 1 saturated heterocycles. The van der Waals surface area contributed by atoms with E-state index in [1.165, 1.54) is 37.1 Å². The number of hydrogen-bond acceptors (Lipinski definition) is 3. The highest BCUT2D eigenvalue weighted by atomic mass is 35.5. The molecule has 4 heteroatoms. The van der Waals surface area contributed by atoms with Crippen molar-refractivity contribution in [3.05, 3.63) is 21.3 Å². The molecule has 1 N–H and O–H groups in total. The van der Waals surface area contributed by atoms with Gasteiger partial charge in [-0.15, -0.1) is 11.3 Å². The lowest BCUT2D eigenvalue weighted by Gasteiger charge is -2.35. The minimum atomic E-state index is 0.747. The molecule has 1 atom stereocenters. The second-order valence-electron chi connectivity index (χ2n) is 4.72. The van der Waals surface area contributed by atoms with Crippen molar-refractivity contribution < 1.29 is 0 Å². The number of nitrogens with one attached hydrogen (secondary N) is 1. The summed E-state index contributed by atoms with van der Waals surface area (Å²) in [5.41, 5.74) is 0. The summed E-state index contributed by atoms with van der Waals surface area (Å²) in [7, 11) is 2.03. The number of piperidine rings is 1. The monoisotopic (exact) mass is 272 g/mol. The van der Waals surface area contributed by atoms with Gasteiger partial charge in [0.2, 0.25) is 0 Å². The van der Waals surface area contributed by atoms with Crippen LogP contribution in [-0.4, -0.2) is 31.1 Å². The van der Waals surface area contributed by atoms with E-state index in [-0.39, 0.29) is 0 Å². The summed E-state index contributed by atoms with van der Waals surface area (Å²) in [5.74, 6) is 0. The van der Waals surface area contributed by atoms with Gasteiger partial charge >= 0.3 is 0 Å². The number of thiophene rings is 1. The van der Waals surface area contributed by atoms with Crippen LogP contribution in [0.4, 0.5) is 0 Å². The van der Waals surface area contributed by atoms with Crippen molar-refractivity contribution >= 4 is 22.9 Å². The largest absolute Gasteiger partial charge is 0.320 e. The molecule has 17 heavy (non-hydrogen) atoms. The molecule has 2 rings (SSSR count). The number of likely N-dealkylation sites (tertiary alicyclic amines) is 1. The molecule has 1 aromatic heterocycles. The van der Waals surface area contributed by atoms with Crippen molar-refractivity contribution in [2.24, 2.45) is 0 Å². The van der Waals surface area contributed by atoms with Gasteiger partial charge in [0.1, 0.15) is 0 Å². The number of halogens is 1. The predicted octanol–water partition coefficient (Wildman–Crippen LogP) is 3.37. The van der Waals surface area contributed by atoms with E-state index < -0.39 is 0 Å². The van der Waals surface area contributed by atoms with Gasteiger partial charge in [-0.1, -0.05) is 18.0 Å². The maximum absolute atomic E-state index is 5.99. The Morgan fingerprint density at radius 3 is 3.06 bits per heavy atom. The zero-order valence-corrected chi connectivity index (χ0v) is 12.0. The lowest BCUT2D eigenvalue weighted by atomic mass is 9.99. The van der Waals surface area contributed by atoms with Crippen LogP contribution in [0, 0.1) is 0 Å². The average molecular weight is 273 g/mol. The molecule has 96 valence electrons. The molecule has 1 aliphatic heterocycles. The molecule has 0 spiro atoms. The molecule has 2 heterocycles. The molecule has 0 saturated carbocycles. The van der Waals surface area contributed by atoms with E-state index in [2.05, 4.69) is 16.3 Å². The van der Waals surface area contributed by atoms with Crippen molar-refractivity contribution in [3.8, 4) is 0 Å². The minimum Gasteiger partial charge on any atom is -0.320 e. The second kappa shape index (κ2) is 6.74. The summed E-state index contributed by atoms with van der Waals surface area (Å²) in [4.78, 5) is 4.02. The highest BCUT2D eigenvalue weighted by Gasteiger charge is 2.22. The van der Waals surface area contributed by atoms with Crippen molar-refractivity contribution in [1.82, 2.24) is 10.2 Å². The molecular weight excluding hydrogens is 252 g/mol. The highest BCUT2D eigenvalue weighted by Crippen LogP contribution is 2.26. The Labute approximate surface area is 113 Å². The molecule has 0 aliphatic carbocycles. The molecule has 1 aliphatic rings. The van der Waals surface area contributed by atoms with Crippen LogP contribution in [0.15, 0.2) is 12.1 Å². The number of hydrogen-bond donors (Lipinski definition) is 1. The lowest BCUT2D eigenvalue weighted by molar-refractivity contribution is 0.134. The first-order valence-electron chi connectivity index (χ1n) is 6.42. The fraction of sp³-hybridized carbons (Fsp3) is 0.692. The first-order chi connectivity index (χ1) is 8.29. The van der Waals surface area contributed by atoms with Crippen molar-refractivity contribution in [2.75, 3.05) is 20.1 Å². The van der Waals surface area contributed by atoms with Crippen LogP contribution in [0.1, 0.15) is 30.6 Å². The standard InChI is InChI=1S/C13H21ClN2S/c1-15-8-7-11-4-2-3-9-16(11)10-12-5-6-13(14)17-12/h5-6,11,15H,2-4,7-10H2,1H3. The van der Waals surface area contributed by atoms with Crippen LogP contribution < -0.4 is 5.32 Å². The zero-order chi connectivity index (χ0) is 12.1. The first kappa shape index (κ1) is 13.3. The maximum atomic E-state index is 5.99.